The van der Waals surface area contributed by atoms with Crippen LogP contribution in [0, 0.1) is 0 Å². The Morgan fingerprint density at radius 2 is 1.77 bits per heavy atom. The van der Waals surface area contributed by atoms with Crippen molar-refractivity contribution < 1.29 is 19.1 Å². The molecular weight excluding hydrogens is 392 g/mol. The zero-order valence-electron chi connectivity index (χ0n) is 18.4. The van der Waals surface area contributed by atoms with Gasteiger partial charge < -0.3 is 19.6 Å². The average molecular weight is 425 g/mol. The molecule has 0 aliphatic carbocycles. The first-order chi connectivity index (χ1) is 15.0. The van der Waals surface area contributed by atoms with Gasteiger partial charge in [-0.1, -0.05) is 24.3 Å². The first kappa shape index (κ1) is 22.8. The Kier molecular flexibility index (Phi) is 8.47. The molecule has 2 aromatic carbocycles. The molecule has 0 radical (unpaired) electrons. The summed E-state index contributed by atoms with van der Waals surface area (Å²) in [6.45, 7) is 4.40. The molecular formula is C25H32N2O4. The summed E-state index contributed by atoms with van der Waals surface area (Å²) < 4.78 is 10.9. The number of ketones is 1. The van der Waals surface area contributed by atoms with Crippen molar-refractivity contribution >= 4 is 11.7 Å². The van der Waals surface area contributed by atoms with Gasteiger partial charge in [0.15, 0.2) is 6.61 Å². The number of piperidine rings is 1. The van der Waals surface area contributed by atoms with E-state index in [4.69, 9.17) is 9.47 Å². The topological polar surface area (TPSA) is 67.9 Å². The van der Waals surface area contributed by atoms with Crippen LogP contribution >= 0.6 is 0 Å². The fourth-order valence-electron chi connectivity index (χ4n) is 3.76. The first-order valence-electron chi connectivity index (χ1n) is 10.9. The maximum Gasteiger partial charge on any atom is 0.258 e. The van der Waals surface area contributed by atoms with Gasteiger partial charge in [-0.25, -0.2) is 0 Å². The number of rotatable bonds is 10. The highest BCUT2D eigenvalue weighted by Gasteiger charge is 2.21. The monoisotopic (exact) mass is 424 g/mol. The van der Waals surface area contributed by atoms with Crippen molar-refractivity contribution in [2.45, 2.75) is 45.2 Å². The molecule has 166 valence electrons. The van der Waals surface area contributed by atoms with E-state index < -0.39 is 0 Å². The fourth-order valence-corrected chi connectivity index (χ4v) is 3.76. The van der Waals surface area contributed by atoms with E-state index in [2.05, 4.69) is 22.3 Å². The van der Waals surface area contributed by atoms with Crippen molar-refractivity contribution in [3.05, 3.63) is 59.7 Å². The lowest BCUT2D eigenvalue weighted by molar-refractivity contribution is -0.124. The molecule has 0 unspecified atom stereocenters. The number of methoxy groups -OCH3 is 1. The lowest BCUT2D eigenvalue weighted by atomic mass is 10.0. The third kappa shape index (κ3) is 7.72. The third-order valence-electron chi connectivity index (χ3n) is 5.55. The Balaban J connectivity index is 1.35. The van der Waals surface area contributed by atoms with Gasteiger partial charge in [-0.2, -0.15) is 0 Å². The van der Waals surface area contributed by atoms with Crippen molar-refractivity contribution in [1.82, 2.24) is 10.2 Å². The van der Waals surface area contributed by atoms with Gasteiger partial charge in [0.1, 0.15) is 17.3 Å². The van der Waals surface area contributed by atoms with E-state index in [0.29, 0.717) is 12.2 Å². The average Bonchev–Trinajstić information content (AvgIpc) is 2.78. The Hall–Kier alpha value is -2.86. The summed E-state index contributed by atoms with van der Waals surface area (Å²) in [6.07, 6.45) is 3.13. The number of carbonyl (C=O) groups is 2. The number of ether oxygens (including phenoxy) is 2. The highest BCUT2D eigenvalue weighted by atomic mass is 16.5. The normalized spacial score (nSPS) is 14.8. The van der Waals surface area contributed by atoms with Crippen molar-refractivity contribution in [3.8, 4) is 11.5 Å². The second-order valence-corrected chi connectivity index (χ2v) is 8.10. The largest absolute Gasteiger partial charge is 0.497 e. The fraction of sp³-hybridized carbons (Fsp3) is 0.440. The Morgan fingerprint density at radius 1 is 1.03 bits per heavy atom. The lowest BCUT2D eigenvalue weighted by Gasteiger charge is -2.32. The number of nitrogens with one attached hydrogen (secondary N) is 1. The van der Waals surface area contributed by atoms with Crippen LogP contribution in [0.25, 0.3) is 0 Å². The van der Waals surface area contributed by atoms with Gasteiger partial charge in [-0.15, -0.1) is 0 Å². The van der Waals surface area contributed by atoms with Crippen LogP contribution in [0.1, 0.15) is 37.3 Å². The zero-order valence-corrected chi connectivity index (χ0v) is 18.4. The molecule has 0 saturated carbocycles. The van der Waals surface area contributed by atoms with Crippen LogP contribution in [0.3, 0.4) is 0 Å². The van der Waals surface area contributed by atoms with Crippen LogP contribution in [0.4, 0.5) is 0 Å². The predicted octanol–water partition coefficient (Wildman–Crippen LogP) is 3.38. The van der Waals surface area contributed by atoms with Gasteiger partial charge in [0.25, 0.3) is 5.91 Å². The van der Waals surface area contributed by atoms with Gasteiger partial charge in [0.05, 0.1) is 7.11 Å². The quantitative estimate of drug-likeness (QED) is 0.633. The number of nitrogens with zero attached hydrogens (tertiary/aromatic N) is 1. The SMILES string of the molecule is COc1cccc(CN2CCC(NC(=O)COc3ccc(CCC(C)=O)cc3)CC2)c1. The molecule has 0 aromatic heterocycles. The van der Waals surface area contributed by atoms with Crippen LogP contribution in [0.2, 0.25) is 0 Å². The summed E-state index contributed by atoms with van der Waals surface area (Å²) in [7, 11) is 1.68. The Bertz CT molecular complexity index is 858. The minimum absolute atomic E-state index is 0.0107. The molecule has 3 rings (SSSR count). The lowest BCUT2D eigenvalue weighted by Crippen LogP contribution is -2.45. The van der Waals surface area contributed by atoms with Crippen LogP contribution in [0.15, 0.2) is 48.5 Å². The van der Waals surface area contributed by atoms with E-state index in [0.717, 1.165) is 50.2 Å². The summed E-state index contributed by atoms with van der Waals surface area (Å²) in [5.41, 5.74) is 2.33. The number of Topliss-reactive ketones (excluding diaryl/α,β-unsaturated/α-hetero) is 1. The van der Waals surface area contributed by atoms with Gasteiger partial charge >= 0.3 is 0 Å². The second kappa shape index (κ2) is 11.5. The standard InChI is InChI=1S/C25H32N2O4/c1-19(28)6-7-20-8-10-23(11-9-20)31-18-25(29)26-22-12-14-27(15-13-22)17-21-4-3-5-24(16-21)30-2/h3-5,8-11,16,22H,6-7,12-15,17-18H2,1-2H3,(H,26,29). The molecule has 0 bridgehead atoms. The first-order valence-corrected chi connectivity index (χ1v) is 10.9. The molecule has 0 spiro atoms. The molecule has 1 aliphatic heterocycles. The summed E-state index contributed by atoms with van der Waals surface area (Å²) in [5, 5.41) is 3.09. The van der Waals surface area contributed by atoms with E-state index in [-0.39, 0.29) is 24.3 Å². The predicted molar refractivity (Wildman–Crippen MR) is 120 cm³/mol. The summed E-state index contributed by atoms with van der Waals surface area (Å²) in [6, 6.07) is 15.9. The molecule has 1 fully saturated rings. The molecule has 31 heavy (non-hydrogen) atoms. The number of hydrogen-bond acceptors (Lipinski definition) is 5. The summed E-state index contributed by atoms with van der Waals surface area (Å²) in [5.74, 6) is 1.63. The molecule has 6 heteroatoms. The smallest absolute Gasteiger partial charge is 0.258 e. The van der Waals surface area contributed by atoms with E-state index >= 15 is 0 Å². The maximum atomic E-state index is 12.3. The van der Waals surface area contributed by atoms with Gasteiger partial charge in [0.2, 0.25) is 0 Å². The Labute approximate surface area is 184 Å². The van der Waals surface area contributed by atoms with Crippen LogP contribution in [0.5, 0.6) is 11.5 Å². The number of benzene rings is 2. The van der Waals surface area contributed by atoms with Crippen molar-refractivity contribution in [2.24, 2.45) is 0 Å². The van der Waals surface area contributed by atoms with E-state index in [1.54, 1.807) is 14.0 Å². The van der Waals surface area contributed by atoms with Gasteiger partial charge in [-0.3, -0.25) is 9.69 Å². The highest BCUT2D eigenvalue weighted by molar-refractivity contribution is 5.77. The molecule has 1 heterocycles. The Morgan fingerprint density at radius 3 is 2.45 bits per heavy atom. The van der Waals surface area contributed by atoms with Crippen molar-refractivity contribution in [2.75, 3.05) is 26.8 Å². The number of hydrogen-bond donors (Lipinski definition) is 1. The van der Waals surface area contributed by atoms with Crippen LogP contribution in [-0.4, -0.2) is 49.4 Å². The van der Waals surface area contributed by atoms with E-state index in [9.17, 15) is 9.59 Å². The zero-order chi connectivity index (χ0) is 22.1. The van der Waals surface area contributed by atoms with Crippen molar-refractivity contribution in [3.63, 3.8) is 0 Å². The highest BCUT2D eigenvalue weighted by Crippen LogP contribution is 2.18. The molecule has 6 nitrogen and oxygen atoms in total. The number of aryl methyl sites for hydroxylation is 1. The van der Waals surface area contributed by atoms with Crippen LogP contribution in [-0.2, 0) is 22.6 Å². The third-order valence-corrected chi connectivity index (χ3v) is 5.55. The molecule has 0 atom stereocenters. The molecule has 1 amide bonds. The number of amides is 1. The maximum absolute atomic E-state index is 12.3. The molecule has 2 aromatic rings. The second-order valence-electron chi connectivity index (χ2n) is 8.10. The summed E-state index contributed by atoms with van der Waals surface area (Å²) >= 11 is 0. The molecule has 1 aliphatic rings. The van der Waals surface area contributed by atoms with Gasteiger partial charge in [-0.05, 0) is 61.6 Å². The van der Waals surface area contributed by atoms with E-state index in [1.807, 2.05) is 36.4 Å². The minimum Gasteiger partial charge on any atom is -0.497 e. The van der Waals surface area contributed by atoms with Gasteiger partial charge in [0, 0.05) is 32.1 Å². The minimum atomic E-state index is -0.0908. The van der Waals surface area contributed by atoms with Crippen molar-refractivity contribution in [1.29, 1.82) is 0 Å². The number of likely N-dealkylation sites (tertiary alicyclic amines) is 1. The molecule has 1 N–H and O–H groups in total. The van der Waals surface area contributed by atoms with E-state index in [1.165, 1.54) is 5.56 Å². The van der Waals surface area contributed by atoms with Crippen LogP contribution < -0.4 is 14.8 Å². The summed E-state index contributed by atoms with van der Waals surface area (Å²) in [4.78, 5) is 25.7. The number of carbonyl (C=O) groups excluding carboxylic acids is 2. The molecule has 1 saturated heterocycles.